The molecule has 0 aliphatic carbocycles. The van der Waals surface area contributed by atoms with Crippen molar-refractivity contribution in [3.8, 4) is 0 Å². The Hall–Kier alpha value is -1.98. The average Bonchev–Trinajstić information content (AvgIpc) is 2.70. The quantitative estimate of drug-likeness (QED) is 0.907. The predicted octanol–water partition coefficient (Wildman–Crippen LogP) is 2.68. The monoisotopic (exact) mass is 283 g/mol. The van der Waals surface area contributed by atoms with Crippen LogP contribution in [0.15, 0.2) is 12.1 Å². The highest BCUT2D eigenvalue weighted by Crippen LogP contribution is 2.30. The first kappa shape index (κ1) is 14.4. The van der Waals surface area contributed by atoms with E-state index in [1.54, 1.807) is 0 Å². The maximum Gasteiger partial charge on any atom is 0.336 e. The zero-order valence-electron chi connectivity index (χ0n) is 11.2. The Kier molecular flexibility index (Phi) is 3.50. The molecule has 0 atom stereocenters. The van der Waals surface area contributed by atoms with E-state index in [1.807, 2.05) is 13.8 Å². The number of amides is 1. The minimum Gasteiger partial charge on any atom is -0.478 e. The molecular weight excluding hydrogens is 268 g/mol. The molecule has 0 spiro atoms. The molecule has 4 nitrogen and oxygen atoms in total. The van der Waals surface area contributed by atoms with E-state index in [-0.39, 0.29) is 5.56 Å². The van der Waals surface area contributed by atoms with Gasteiger partial charge in [0.15, 0.2) is 11.6 Å². The summed E-state index contributed by atoms with van der Waals surface area (Å²) in [5, 5.41) is 9.04. The highest BCUT2D eigenvalue weighted by Gasteiger charge is 2.37. The van der Waals surface area contributed by atoms with Crippen molar-refractivity contribution < 1.29 is 23.5 Å². The Morgan fingerprint density at radius 2 is 1.75 bits per heavy atom. The summed E-state index contributed by atoms with van der Waals surface area (Å²) < 4.78 is 26.5. The van der Waals surface area contributed by atoms with Crippen LogP contribution in [0.25, 0.3) is 0 Å². The Labute approximate surface area is 115 Å². The molecule has 0 saturated carbocycles. The normalized spacial score (nSPS) is 17.3. The molecule has 1 aromatic carbocycles. The Morgan fingerprint density at radius 1 is 1.20 bits per heavy atom. The minimum atomic E-state index is -1.45. The van der Waals surface area contributed by atoms with Gasteiger partial charge in [0, 0.05) is 12.1 Å². The summed E-state index contributed by atoms with van der Waals surface area (Å²) in [6.45, 7) is 4.19. The van der Waals surface area contributed by atoms with Crippen LogP contribution >= 0.6 is 0 Å². The first-order chi connectivity index (χ1) is 9.24. The number of hydrogen-bond donors (Lipinski definition) is 1. The molecule has 1 fully saturated rings. The first-order valence-electron chi connectivity index (χ1n) is 6.28. The molecule has 1 aromatic rings. The molecule has 1 aliphatic heterocycles. The summed E-state index contributed by atoms with van der Waals surface area (Å²) in [6.07, 6.45) is 1.58. The Morgan fingerprint density at radius 3 is 2.20 bits per heavy atom. The lowest BCUT2D eigenvalue weighted by atomic mass is 9.99. The van der Waals surface area contributed by atoms with Gasteiger partial charge in [-0.3, -0.25) is 4.79 Å². The number of hydrogen-bond acceptors (Lipinski definition) is 2. The Bertz CT molecular complexity index is 584. The number of halogens is 2. The van der Waals surface area contributed by atoms with Crippen molar-refractivity contribution in [1.82, 2.24) is 4.90 Å². The van der Waals surface area contributed by atoms with Gasteiger partial charge in [-0.1, -0.05) is 0 Å². The summed E-state index contributed by atoms with van der Waals surface area (Å²) in [5.74, 6) is -4.54. The Balaban J connectivity index is 2.49. The van der Waals surface area contributed by atoms with E-state index in [9.17, 15) is 18.4 Å². The number of benzene rings is 1. The molecule has 0 aromatic heterocycles. The molecule has 2 rings (SSSR count). The lowest BCUT2D eigenvalue weighted by Crippen LogP contribution is -2.43. The van der Waals surface area contributed by atoms with E-state index in [0.717, 1.165) is 12.8 Å². The van der Waals surface area contributed by atoms with Crippen molar-refractivity contribution in [2.45, 2.75) is 32.2 Å². The molecule has 0 bridgehead atoms. The first-order valence-corrected chi connectivity index (χ1v) is 6.28. The maximum absolute atomic E-state index is 13.3. The van der Waals surface area contributed by atoms with E-state index < -0.39 is 34.6 Å². The van der Waals surface area contributed by atoms with Crippen molar-refractivity contribution in [3.05, 3.63) is 34.9 Å². The summed E-state index contributed by atoms with van der Waals surface area (Å²) >= 11 is 0. The molecule has 1 aliphatic rings. The molecule has 1 N–H and O–H groups in total. The fourth-order valence-corrected chi connectivity index (χ4v) is 2.53. The van der Waals surface area contributed by atoms with Gasteiger partial charge in [0.25, 0.3) is 5.91 Å². The van der Waals surface area contributed by atoms with Crippen molar-refractivity contribution in [1.29, 1.82) is 0 Å². The van der Waals surface area contributed by atoms with Crippen molar-refractivity contribution in [2.75, 3.05) is 6.54 Å². The van der Waals surface area contributed by atoms with Gasteiger partial charge in [0.2, 0.25) is 0 Å². The zero-order valence-corrected chi connectivity index (χ0v) is 11.2. The predicted molar refractivity (Wildman–Crippen MR) is 67.7 cm³/mol. The largest absolute Gasteiger partial charge is 0.478 e. The number of carboxylic acid groups (broad SMARTS) is 1. The average molecular weight is 283 g/mol. The van der Waals surface area contributed by atoms with Crippen molar-refractivity contribution >= 4 is 11.9 Å². The SMILES string of the molecule is CC1(C)CCCN1C(=O)c1cc(F)c(F)cc1C(=O)O. The summed E-state index contributed by atoms with van der Waals surface area (Å²) in [7, 11) is 0. The molecule has 6 heteroatoms. The van der Waals surface area contributed by atoms with Crippen LogP contribution in [0.3, 0.4) is 0 Å². The third-order valence-corrected chi connectivity index (χ3v) is 3.67. The molecule has 108 valence electrons. The maximum atomic E-state index is 13.3. The van der Waals surface area contributed by atoms with Gasteiger partial charge >= 0.3 is 5.97 Å². The fraction of sp³-hybridized carbons (Fsp3) is 0.429. The second kappa shape index (κ2) is 4.85. The van der Waals surface area contributed by atoms with E-state index in [0.29, 0.717) is 18.7 Å². The lowest BCUT2D eigenvalue weighted by molar-refractivity contribution is 0.0624. The smallest absolute Gasteiger partial charge is 0.336 e. The molecule has 0 radical (unpaired) electrons. The van der Waals surface area contributed by atoms with Gasteiger partial charge in [-0.05, 0) is 38.8 Å². The van der Waals surface area contributed by atoms with E-state index in [2.05, 4.69) is 0 Å². The van der Waals surface area contributed by atoms with Crippen LogP contribution in [-0.4, -0.2) is 34.0 Å². The standard InChI is InChI=1S/C14H15F2NO3/c1-14(2)4-3-5-17(14)12(18)8-6-10(15)11(16)7-9(8)13(19)20/h6-7H,3-5H2,1-2H3,(H,19,20). The molecule has 1 amide bonds. The number of carbonyl (C=O) groups is 2. The van der Waals surface area contributed by atoms with Gasteiger partial charge in [-0.15, -0.1) is 0 Å². The number of likely N-dealkylation sites (tertiary alicyclic amines) is 1. The van der Waals surface area contributed by atoms with Gasteiger partial charge in [0.1, 0.15) is 0 Å². The van der Waals surface area contributed by atoms with Gasteiger partial charge in [-0.25, -0.2) is 13.6 Å². The molecule has 1 saturated heterocycles. The van der Waals surface area contributed by atoms with E-state index in [1.165, 1.54) is 4.90 Å². The highest BCUT2D eigenvalue weighted by atomic mass is 19.2. The van der Waals surface area contributed by atoms with Crippen molar-refractivity contribution in [3.63, 3.8) is 0 Å². The van der Waals surface area contributed by atoms with Crippen LogP contribution in [0.1, 0.15) is 47.4 Å². The number of aromatic carboxylic acids is 1. The van der Waals surface area contributed by atoms with Gasteiger partial charge < -0.3 is 10.0 Å². The second-order valence-electron chi connectivity index (χ2n) is 5.49. The van der Waals surface area contributed by atoms with Crippen LogP contribution < -0.4 is 0 Å². The van der Waals surface area contributed by atoms with Crippen LogP contribution in [0, 0.1) is 11.6 Å². The highest BCUT2D eigenvalue weighted by molar-refractivity contribution is 6.05. The lowest BCUT2D eigenvalue weighted by Gasteiger charge is -2.32. The summed E-state index contributed by atoms with van der Waals surface area (Å²) in [5.41, 5.74) is -1.25. The summed E-state index contributed by atoms with van der Waals surface area (Å²) in [4.78, 5) is 25.0. The molecular formula is C14H15F2NO3. The van der Waals surface area contributed by atoms with E-state index >= 15 is 0 Å². The van der Waals surface area contributed by atoms with Crippen LogP contribution in [0.5, 0.6) is 0 Å². The number of rotatable bonds is 2. The van der Waals surface area contributed by atoms with Gasteiger partial charge in [-0.2, -0.15) is 0 Å². The summed E-state index contributed by atoms with van der Waals surface area (Å²) in [6, 6.07) is 1.21. The van der Waals surface area contributed by atoms with Crippen LogP contribution in [0.2, 0.25) is 0 Å². The number of nitrogens with zero attached hydrogens (tertiary/aromatic N) is 1. The van der Waals surface area contributed by atoms with Gasteiger partial charge in [0.05, 0.1) is 11.1 Å². The number of carboxylic acids is 1. The zero-order chi connectivity index (χ0) is 15.1. The second-order valence-corrected chi connectivity index (χ2v) is 5.49. The molecule has 0 unspecified atom stereocenters. The number of carbonyl (C=O) groups excluding carboxylic acids is 1. The topological polar surface area (TPSA) is 57.6 Å². The minimum absolute atomic E-state index is 0.314. The van der Waals surface area contributed by atoms with Crippen molar-refractivity contribution in [2.24, 2.45) is 0 Å². The molecule has 20 heavy (non-hydrogen) atoms. The fourth-order valence-electron chi connectivity index (χ4n) is 2.53. The van der Waals surface area contributed by atoms with Crippen LogP contribution in [0.4, 0.5) is 8.78 Å². The van der Waals surface area contributed by atoms with Crippen LogP contribution in [-0.2, 0) is 0 Å². The third-order valence-electron chi connectivity index (χ3n) is 3.67. The molecule has 1 heterocycles. The third kappa shape index (κ3) is 2.37. The van der Waals surface area contributed by atoms with E-state index in [4.69, 9.17) is 5.11 Å².